The number of benzene rings is 1. The van der Waals surface area contributed by atoms with Crippen LogP contribution in [0.1, 0.15) is 18.9 Å². The number of piperidine rings is 1. The van der Waals surface area contributed by atoms with Crippen LogP contribution in [0.3, 0.4) is 0 Å². The molecule has 1 aliphatic carbocycles. The first-order valence-electron chi connectivity index (χ1n) is 10.1. The van der Waals surface area contributed by atoms with Crippen molar-refractivity contribution < 1.29 is 10.0 Å². The van der Waals surface area contributed by atoms with Crippen molar-refractivity contribution >= 4 is 23.4 Å². The van der Waals surface area contributed by atoms with Gasteiger partial charge in [0.05, 0.1) is 0 Å². The van der Waals surface area contributed by atoms with E-state index >= 15 is 0 Å². The van der Waals surface area contributed by atoms with Gasteiger partial charge < -0.3 is 10.2 Å². The Hall–Kier alpha value is -2.70. The van der Waals surface area contributed by atoms with Crippen molar-refractivity contribution in [1.82, 2.24) is 14.9 Å². The van der Waals surface area contributed by atoms with E-state index in [4.69, 9.17) is 0 Å². The van der Waals surface area contributed by atoms with Crippen LogP contribution in [0.4, 0.5) is 11.4 Å². The summed E-state index contributed by atoms with van der Waals surface area (Å²) in [5.74, 6) is 1.81. The number of likely N-dealkylation sites (N-methyl/N-ethyl adjacent to an activating group) is 1. The van der Waals surface area contributed by atoms with Crippen molar-refractivity contribution in [2.75, 3.05) is 38.6 Å². The summed E-state index contributed by atoms with van der Waals surface area (Å²) in [5.41, 5.74) is 3.12. The molecule has 1 amide bonds. The minimum atomic E-state index is -0.103. The number of rotatable bonds is 5. The van der Waals surface area contributed by atoms with Crippen molar-refractivity contribution in [1.29, 1.82) is 0 Å². The smallest absolute Gasteiger partial charge is 0.243 e. The highest BCUT2D eigenvalue weighted by molar-refractivity contribution is 5.91. The van der Waals surface area contributed by atoms with E-state index in [1.165, 1.54) is 31.3 Å². The summed E-state index contributed by atoms with van der Waals surface area (Å²) in [6, 6.07) is 12.0. The zero-order valence-corrected chi connectivity index (χ0v) is 17.5. The number of carbonyl (C=O) groups is 1. The second kappa shape index (κ2) is 9.20. The number of hydrogen-bond acceptors (Lipinski definition) is 4. The Balaban J connectivity index is 0.000000170. The molecule has 1 aliphatic heterocycles. The molecule has 2 heterocycles. The van der Waals surface area contributed by atoms with Gasteiger partial charge in [-0.05, 0) is 49.0 Å². The predicted octanol–water partition coefficient (Wildman–Crippen LogP) is 3.33. The van der Waals surface area contributed by atoms with E-state index in [1.807, 2.05) is 31.2 Å². The summed E-state index contributed by atoms with van der Waals surface area (Å²) in [6.07, 6.45) is 8.06. The molecular formula is C23H31N4O2+. The van der Waals surface area contributed by atoms with Crippen molar-refractivity contribution in [3.05, 3.63) is 60.4 Å². The number of hydrogen-bond donors (Lipinski definition) is 2. The summed E-state index contributed by atoms with van der Waals surface area (Å²) in [6.45, 7) is 4.94. The Morgan fingerprint density at radius 1 is 1.28 bits per heavy atom. The molecular weight excluding hydrogens is 364 g/mol. The number of hydroxylamine groups is 2. The lowest BCUT2D eigenvalue weighted by molar-refractivity contribution is -0.116. The fraction of sp³-hybridized carbons (Fsp3) is 0.391. The molecule has 1 saturated carbocycles. The molecule has 154 valence electrons. The second-order valence-corrected chi connectivity index (χ2v) is 8.09. The molecule has 4 rings (SSSR count). The number of aromatic nitrogens is 1. The van der Waals surface area contributed by atoms with Crippen LogP contribution >= 0.6 is 0 Å². The third-order valence-corrected chi connectivity index (χ3v) is 5.27. The molecule has 0 bridgehead atoms. The average Bonchev–Trinajstić information content (AvgIpc) is 3.32. The van der Waals surface area contributed by atoms with Gasteiger partial charge in [0.15, 0.2) is 5.69 Å². The maximum Gasteiger partial charge on any atom is 0.243 e. The van der Waals surface area contributed by atoms with E-state index in [0.717, 1.165) is 23.1 Å². The van der Waals surface area contributed by atoms with Crippen LogP contribution in [0, 0.1) is 11.8 Å². The predicted molar refractivity (Wildman–Crippen MR) is 118 cm³/mol. The topological polar surface area (TPSA) is 65.5 Å². The van der Waals surface area contributed by atoms with Gasteiger partial charge >= 0.3 is 0 Å². The van der Waals surface area contributed by atoms with Crippen LogP contribution in [0.5, 0.6) is 0 Å². The van der Waals surface area contributed by atoms with Crippen LogP contribution < -0.4 is 14.9 Å². The normalized spacial score (nSPS) is 20.1. The zero-order valence-electron chi connectivity index (χ0n) is 17.5. The van der Waals surface area contributed by atoms with E-state index < -0.39 is 0 Å². The number of carbonyl (C=O) groups excluding carboxylic acids is 1. The van der Waals surface area contributed by atoms with Crippen molar-refractivity contribution in [2.45, 2.75) is 13.3 Å². The molecule has 0 radical (unpaired) electrons. The lowest BCUT2D eigenvalue weighted by atomic mass is 10.2. The highest BCUT2D eigenvalue weighted by Crippen LogP contribution is 2.46. The number of nitrogens with one attached hydrogen (secondary N) is 1. The second-order valence-electron chi connectivity index (χ2n) is 8.09. The monoisotopic (exact) mass is 395 g/mol. The molecule has 2 fully saturated rings. The molecule has 2 aliphatic rings. The number of amides is 1. The van der Waals surface area contributed by atoms with E-state index in [-0.39, 0.29) is 10.6 Å². The first kappa shape index (κ1) is 21.0. The van der Waals surface area contributed by atoms with Crippen molar-refractivity contribution in [3.63, 3.8) is 0 Å². The van der Waals surface area contributed by atoms with Crippen LogP contribution in [-0.2, 0) is 4.79 Å². The van der Waals surface area contributed by atoms with Gasteiger partial charge in [0.1, 0.15) is 14.1 Å². The standard InChI is InChI=1S/C13H19N2O.C10H12N2O/c1-15(2,16)13-5-3-4-12(7-13)14-8-10-6-11(10)9-14;1-2-12-10(13)6-5-9-4-3-7-11-8-9/h3-5,7,10-11,16H,6,8-9H2,1-2H3;3-8H,2H2,1H3,(H,12,13)/q+1;/b;6-5+. The minimum absolute atomic E-state index is 0.0775. The Kier molecular flexibility index (Phi) is 6.67. The summed E-state index contributed by atoms with van der Waals surface area (Å²) >= 11 is 0. The molecule has 2 N–H and O–H groups in total. The van der Waals surface area contributed by atoms with Gasteiger partial charge in [0.2, 0.25) is 5.91 Å². The average molecular weight is 396 g/mol. The number of quaternary nitrogens is 1. The van der Waals surface area contributed by atoms with Gasteiger partial charge in [-0.15, -0.1) is 0 Å². The maximum atomic E-state index is 11.0. The van der Waals surface area contributed by atoms with Crippen LogP contribution in [-0.4, -0.2) is 49.8 Å². The van der Waals surface area contributed by atoms with E-state index in [2.05, 4.69) is 27.3 Å². The fourth-order valence-corrected chi connectivity index (χ4v) is 3.52. The van der Waals surface area contributed by atoms with Gasteiger partial charge in [0, 0.05) is 55.9 Å². The lowest BCUT2D eigenvalue weighted by Crippen LogP contribution is -2.36. The number of anilines is 1. The van der Waals surface area contributed by atoms with Gasteiger partial charge in [-0.3, -0.25) is 9.78 Å². The summed E-state index contributed by atoms with van der Waals surface area (Å²) < 4.78 is -0.103. The van der Waals surface area contributed by atoms with Crippen molar-refractivity contribution in [3.8, 4) is 0 Å². The molecule has 1 aromatic heterocycles. The molecule has 0 spiro atoms. The number of fused-ring (bicyclic) bond motifs is 1. The minimum Gasteiger partial charge on any atom is -0.371 e. The fourth-order valence-electron chi connectivity index (χ4n) is 3.52. The van der Waals surface area contributed by atoms with E-state index in [1.54, 1.807) is 32.6 Å². The van der Waals surface area contributed by atoms with Crippen LogP contribution in [0.15, 0.2) is 54.9 Å². The Morgan fingerprint density at radius 2 is 2.03 bits per heavy atom. The maximum absolute atomic E-state index is 11.0. The Bertz CT molecular complexity index is 835. The highest BCUT2D eigenvalue weighted by Gasteiger charge is 2.45. The largest absolute Gasteiger partial charge is 0.371 e. The molecule has 2 aromatic rings. The number of nitrogens with zero attached hydrogens (tertiary/aromatic N) is 3. The van der Waals surface area contributed by atoms with Gasteiger partial charge in [-0.2, -0.15) is 4.65 Å². The molecule has 1 aromatic carbocycles. The van der Waals surface area contributed by atoms with Gasteiger partial charge in [0.25, 0.3) is 0 Å². The van der Waals surface area contributed by atoms with Crippen molar-refractivity contribution in [2.24, 2.45) is 11.8 Å². The van der Waals surface area contributed by atoms with Gasteiger partial charge in [-0.1, -0.05) is 12.1 Å². The molecule has 29 heavy (non-hydrogen) atoms. The molecule has 1 saturated heterocycles. The van der Waals surface area contributed by atoms with E-state index in [9.17, 15) is 10.0 Å². The number of pyridine rings is 1. The zero-order chi connectivity index (χ0) is 20.9. The third-order valence-electron chi connectivity index (χ3n) is 5.27. The first-order valence-corrected chi connectivity index (χ1v) is 10.1. The molecule has 2 unspecified atom stereocenters. The Morgan fingerprint density at radius 3 is 2.66 bits per heavy atom. The first-order chi connectivity index (χ1) is 13.9. The molecule has 6 heteroatoms. The lowest BCUT2D eigenvalue weighted by Gasteiger charge is -2.23. The third kappa shape index (κ3) is 6.14. The van der Waals surface area contributed by atoms with Crippen LogP contribution in [0.25, 0.3) is 6.08 Å². The summed E-state index contributed by atoms with van der Waals surface area (Å²) in [7, 11) is 3.56. The van der Waals surface area contributed by atoms with Gasteiger partial charge in [-0.25, -0.2) is 5.21 Å². The molecule has 6 nitrogen and oxygen atoms in total. The van der Waals surface area contributed by atoms with Crippen LogP contribution in [0.2, 0.25) is 0 Å². The molecule has 2 atom stereocenters. The summed E-state index contributed by atoms with van der Waals surface area (Å²) in [4.78, 5) is 17.4. The van der Waals surface area contributed by atoms with E-state index in [0.29, 0.717) is 6.54 Å². The Labute approximate surface area is 173 Å². The highest BCUT2D eigenvalue weighted by atomic mass is 16.5. The quantitative estimate of drug-likeness (QED) is 0.463. The SMILES string of the molecule is CCNC(=O)/C=C/c1cccnc1.C[N+](C)(O)c1cccc(N2CC3CC3C2)c1. The summed E-state index contributed by atoms with van der Waals surface area (Å²) in [5, 5.41) is 12.6.